The molecule has 0 spiro atoms. The molecule has 2 saturated heterocycles. The number of anilines is 1. The molecule has 0 saturated carbocycles. The van der Waals surface area contributed by atoms with E-state index >= 15 is 0 Å². The summed E-state index contributed by atoms with van der Waals surface area (Å²) in [5, 5.41) is 3.13. The summed E-state index contributed by atoms with van der Waals surface area (Å²) in [5.41, 5.74) is -0.0734. The van der Waals surface area contributed by atoms with Gasteiger partial charge in [-0.25, -0.2) is 4.98 Å². The van der Waals surface area contributed by atoms with Gasteiger partial charge in [-0.1, -0.05) is 0 Å². The summed E-state index contributed by atoms with van der Waals surface area (Å²) in [5.74, 6) is 0.609. The monoisotopic (exact) mass is 348 g/mol. The SMILES string of the molecule is C[C@@H]1CC[C@H](CCC(=O)NC2CCN(c3nccn(C)c3=O)CC2)O1. The molecule has 0 aromatic carbocycles. The number of aromatic nitrogens is 2. The van der Waals surface area contributed by atoms with E-state index in [0.717, 1.165) is 45.2 Å². The maximum atomic E-state index is 12.2. The second-order valence-corrected chi connectivity index (χ2v) is 7.18. The summed E-state index contributed by atoms with van der Waals surface area (Å²) in [6.07, 6.45) is 9.04. The second-order valence-electron chi connectivity index (χ2n) is 7.18. The second kappa shape index (κ2) is 7.99. The third-order valence-electron chi connectivity index (χ3n) is 5.17. The number of aryl methyl sites for hydroxylation is 1. The van der Waals surface area contributed by atoms with Gasteiger partial charge in [0.2, 0.25) is 5.91 Å². The summed E-state index contributed by atoms with van der Waals surface area (Å²) in [6.45, 7) is 3.56. The fraction of sp³-hybridized carbons (Fsp3) is 0.722. The maximum Gasteiger partial charge on any atom is 0.293 e. The average molecular weight is 348 g/mol. The molecular formula is C18H28N4O3. The average Bonchev–Trinajstić information content (AvgIpc) is 3.02. The third kappa shape index (κ3) is 4.60. The Kier molecular flexibility index (Phi) is 5.73. The summed E-state index contributed by atoms with van der Waals surface area (Å²) >= 11 is 0. The van der Waals surface area contributed by atoms with Gasteiger partial charge >= 0.3 is 0 Å². The van der Waals surface area contributed by atoms with Crippen molar-refractivity contribution in [1.29, 1.82) is 0 Å². The Labute approximate surface area is 148 Å². The van der Waals surface area contributed by atoms with E-state index in [1.54, 1.807) is 24.0 Å². The van der Waals surface area contributed by atoms with Gasteiger partial charge in [-0.3, -0.25) is 9.59 Å². The fourth-order valence-corrected chi connectivity index (χ4v) is 3.63. The number of ether oxygens (including phenoxy) is 1. The number of carbonyl (C=O) groups excluding carboxylic acids is 1. The Morgan fingerprint density at radius 1 is 1.32 bits per heavy atom. The van der Waals surface area contributed by atoms with Crippen LogP contribution in [-0.4, -0.2) is 46.8 Å². The lowest BCUT2D eigenvalue weighted by molar-refractivity contribution is -0.122. The van der Waals surface area contributed by atoms with Crippen molar-refractivity contribution in [3.05, 3.63) is 22.7 Å². The first-order valence-corrected chi connectivity index (χ1v) is 9.24. The highest BCUT2D eigenvalue weighted by atomic mass is 16.5. The number of amides is 1. The first-order chi connectivity index (χ1) is 12.0. The topological polar surface area (TPSA) is 76.5 Å². The van der Waals surface area contributed by atoms with Crippen molar-refractivity contribution in [2.24, 2.45) is 7.05 Å². The lowest BCUT2D eigenvalue weighted by Crippen LogP contribution is -2.46. The highest BCUT2D eigenvalue weighted by Crippen LogP contribution is 2.22. The van der Waals surface area contributed by atoms with E-state index in [9.17, 15) is 9.59 Å². The molecule has 0 aliphatic carbocycles. The number of piperidine rings is 1. The van der Waals surface area contributed by atoms with Crippen LogP contribution in [0.15, 0.2) is 17.2 Å². The minimum absolute atomic E-state index is 0.0734. The van der Waals surface area contributed by atoms with Gasteiger partial charge in [0.05, 0.1) is 12.2 Å². The van der Waals surface area contributed by atoms with E-state index in [1.807, 2.05) is 4.90 Å². The van der Waals surface area contributed by atoms with Crippen molar-refractivity contribution in [1.82, 2.24) is 14.9 Å². The van der Waals surface area contributed by atoms with Crippen molar-refractivity contribution >= 4 is 11.7 Å². The molecule has 0 bridgehead atoms. The van der Waals surface area contributed by atoms with Gasteiger partial charge in [-0.05, 0) is 39.0 Å². The maximum absolute atomic E-state index is 12.2. The Bertz CT molecular complexity index is 652. The highest BCUT2D eigenvalue weighted by Gasteiger charge is 2.25. The van der Waals surface area contributed by atoms with Gasteiger partial charge in [-0.2, -0.15) is 0 Å². The molecule has 7 nitrogen and oxygen atoms in total. The molecule has 2 aliphatic rings. The molecule has 2 atom stereocenters. The number of carbonyl (C=O) groups is 1. The van der Waals surface area contributed by atoms with E-state index in [1.165, 1.54) is 0 Å². The summed E-state index contributed by atoms with van der Waals surface area (Å²) in [7, 11) is 1.73. The Morgan fingerprint density at radius 2 is 2.08 bits per heavy atom. The largest absolute Gasteiger partial charge is 0.375 e. The molecule has 2 fully saturated rings. The smallest absolute Gasteiger partial charge is 0.293 e. The zero-order valence-electron chi connectivity index (χ0n) is 15.1. The lowest BCUT2D eigenvalue weighted by Gasteiger charge is -2.32. The minimum atomic E-state index is -0.0734. The first kappa shape index (κ1) is 17.9. The molecule has 0 radical (unpaired) electrons. The van der Waals surface area contributed by atoms with Crippen LogP contribution < -0.4 is 15.8 Å². The van der Waals surface area contributed by atoms with Gasteiger partial charge in [0.1, 0.15) is 0 Å². The summed E-state index contributed by atoms with van der Waals surface area (Å²) in [6, 6.07) is 0.180. The molecule has 2 aliphatic heterocycles. The molecule has 138 valence electrons. The standard InChI is InChI=1S/C18H28N4O3/c1-13-3-4-15(25-13)5-6-16(23)20-14-7-10-22(11-8-14)17-18(24)21(2)12-9-19-17/h9,12-15H,3-8,10-11H2,1-2H3,(H,20,23)/t13-,15-/m1/s1. The quantitative estimate of drug-likeness (QED) is 0.866. The van der Waals surface area contributed by atoms with Gasteiger partial charge in [0.25, 0.3) is 5.56 Å². The van der Waals surface area contributed by atoms with Crippen molar-refractivity contribution in [3.63, 3.8) is 0 Å². The van der Waals surface area contributed by atoms with E-state index in [-0.39, 0.29) is 23.6 Å². The van der Waals surface area contributed by atoms with Crippen LogP contribution in [0.4, 0.5) is 5.82 Å². The lowest BCUT2D eigenvalue weighted by atomic mass is 10.0. The molecule has 1 amide bonds. The summed E-state index contributed by atoms with van der Waals surface area (Å²) < 4.78 is 7.30. The van der Waals surface area contributed by atoms with Crippen LogP contribution in [0.5, 0.6) is 0 Å². The molecule has 1 N–H and O–H groups in total. The normalized spacial score (nSPS) is 24.5. The van der Waals surface area contributed by atoms with Crippen molar-refractivity contribution in [2.75, 3.05) is 18.0 Å². The Balaban J connectivity index is 1.42. The van der Waals surface area contributed by atoms with Crippen molar-refractivity contribution in [3.8, 4) is 0 Å². The number of rotatable bonds is 5. The fourth-order valence-electron chi connectivity index (χ4n) is 3.63. The van der Waals surface area contributed by atoms with Gasteiger partial charge < -0.3 is 19.5 Å². The number of nitrogens with one attached hydrogen (secondary N) is 1. The highest BCUT2D eigenvalue weighted by molar-refractivity contribution is 5.76. The van der Waals surface area contributed by atoms with E-state index in [0.29, 0.717) is 18.3 Å². The Hall–Kier alpha value is -1.89. The van der Waals surface area contributed by atoms with E-state index < -0.39 is 0 Å². The molecule has 25 heavy (non-hydrogen) atoms. The van der Waals surface area contributed by atoms with E-state index in [4.69, 9.17) is 4.74 Å². The van der Waals surface area contributed by atoms with Crippen LogP contribution in [0.1, 0.15) is 45.4 Å². The number of hydrogen-bond acceptors (Lipinski definition) is 5. The van der Waals surface area contributed by atoms with Crippen LogP contribution in [0.3, 0.4) is 0 Å². The molecule has 1 aromatic rings. The van der Waals surface area contributed by atoms with Gasteiger partial charge in [-0.15, -0.1) is 0 Å². The Morgan fingerprint density at radius 3 is 2.76 bits per heavy atom. The summed E-state index contributed by atoms with van der Waals surface area (Å²) in [4.78, 5) is 30.5. The predicted molar refractivity (Wildman–Crippen MR) is 95.7 cm³/mol. The van der Waals surface area contributed by atoms with Crippen molar-refractivity contribution in [2.45, 2.75) is 63.7 Å². The zero-order chi connectivity index (χ0) is 17.8. The molecule has 1 aromatic heterocycles. The number of nitrogens with zero attached hydrogens (tertiary/aromatic N) is 3. The number of hydrogen-bond donors (Lipinski definition) is 1. The van der Waals surface area contributed by atoms with Crippen LogP contribution in [0, 0.1) is 0 Å². The van der Waals surface area contributed by atoms with Crippen LogP contribution in [0.2, 0.25) is 0 Å². The molecule has 3 rings (SSSR count). The van der Waals surface area contributed by atoms with Crippen molar-refractivity contribution < 1.29 is 9.53 Å². The third-order valence-corrected chi connectivity index (χ3v) is 5.17. The van der Waals surface area contributed by atoms with E-state index in [2.05, 4.69) is 17.2 Å². The molecular weight excluding hydrogens is 320 g/mol. The first-order valence-electron chi connectivity index (χ1n) is 9.24. The van der Waals surface area contributed by atoms with Crippen LogP contribution in [0.25, 0.3) is 0 Å². The molecule has 0 unspecified atom stereocenters. The molecule has 3 heterocycles. The van der Waals surface area contributed by atoms with Gasteiger partial charge in [0.15, 0.2) is 5.82 Å². The molecule has 7 heteroatoms. The minimum Gasteiger partial charge on any atom is -0.375 e. The van der Waals surface area contributed by atoms with Crippen LogP contribution >= 0.6 is 0 Å². The predicted octanol–water partition coefficient (Wildman–Crippen LogP) is 1.21. The van der Waals surface area contributed by atoms with Gasteiger partial charge in [0, 0.05) is 45.0 Å². The van der Waals surface area contributed by atoms with Crippen LogP contribution in [-0.2, 0) is 16.6 Å². The zero-order valence-corrected chi connectivity index (χ0v) is 15.1.